The van der Waals surface area contributed by atoms with Crippen LogP contribution in [0.5, 0.6) is 0 Å². The van der Waals surface area contributed by atoms with E-state index < -0.39 is 0 Å². The Hall–Kier alpha value is -2.89. The first-order valence-electron chi connectivity index (χ1n) is 12.2. The molecule has 2 aromatic carbocycles. The van der Waals surface area contributed by atoms with Crippen LogP contribution in [-0.4, -0.2) is 42.0 Å². The van der Waals surface area contributed by atoms with Gasteiger partial charge in [0.1, 0.15) is 11.9 Å². The summed E-state index contributed by atoms with van der Waals surface area (Å²) in [5, 5.41) is 0.538. The van der Waals surface area contributed by atoms with E-state index >= 15 is 0 Å². The lowest BCUT2D eigenvalue weighted by atomic mass is 9.83. The van der Waals surface area contributed by atoms with Crippen molar-refractivity contribution in [3.8, 4) is 0 Å². The number of ether oxygens (including phenoxy) is 1. The number of benzene rings is 2. The summed E-state index contributed by atoms with van der Waals surface area (Å²) >= 11 is 6.64. The smallest absolute Gasteiger partial charge is 0.255 e. The summed E-state index contributed by atoms with van der Waals surface area (Å²) in [7, 11) is 0. The number of nitrogens with zero attached hydrogens (tertiary/aromatic N) is 3. The first-order chi connectivity index (χ1) is 16.6. The maximum Gasteiger partial charge on any atom is 0.255 e. The summed E-state index contributed by atoms with van der Waals surface area (Å²) in [6.07, 6.45) is 5.49. The number of fused-ring (bicyclic) bond motifs is 2. The van der Waals surface area contributed by atoms with E-state index in [9.17, 15) is 4.79 Å². The number of pyridine rings is 1. The van der Waals surface area contributed by atoms with Crippen molar-refractivity contribution in [3.63, 3.8) is 0 Å². The van der Waals surface area contributed by atoms with Crippen LogP contribution in [0.1, 0.15) is 58.8 Å². The van der Waals surface area contributed by atoms with E-state index in [0.29, 0.717) is 10.6 Å². The average molecular weight is 474 g/mol. The van der Waals surface area contributed by atoms with Crippen molar-refractivity contribution in [2.24, 2.45) is 0 Å². The second-order valence-corrected chi connectivity index (χ2v) is 9.91. The number of anilines is 1. The molecule has 0 saturated carbocycles. The van der Waals surface area contributed by atoms with Gasteiger partial charge in [-0.1, -0.05) is 66.2 Å². The number of carbonyl (C=O) groups is 1. The second-order valence-electron chi connectivity index (χ2n) is 9.51. The van der Waals surface area contributed by atoms with Gasteiger partial charge in [0.05, 0.1) is 16.2 Å². The van der Waals surface area contributed by atoms with Crippen LogP contribution in [0.4, 0.5) is 5.82 Å². The molecule has 6 heteroatoms. The Bertz CT molecular complexity index is 1200. The molecule has 174 valence electrons. The van der Waals surface area contributed by atoms with Gasteiger partial charge < -0.3 is 14.5 Å². The van der Waals surface area contributed by atoms with Crippen LogP contribution >= 0.6 is 11.6 Å². The van der Waals surface area contributed by atoms with Gasteiger partial charge in [-0.15, -0.1) is 0 Å². The Morgan fingerprint density at radius 2 is 1.68 bits per heavy atom. The summed E-state index contributed by atoms with van der Waals surface area (Å²) in [6.45, 7) is 3.22. The minimum atomic E-state index is -0.300. The Morgan fingerprint density at radius 1 is 0.971 bits per heavy atom. The minimum Gasteiger partial charge on any atom is -0.357 e. The SMILES string of the molecule is O=C(c1cnc(N2CCC3(CC2)OC(c2ccccc2)c2ccccc23)c(Cl)c1)N1CCCC1. The monoisotopic (exact) mass is 473 g/mol. The molecule has 6 rings (SSSR count). The number of piperidine rings is 1. The number of aromatic nitrogens is 1. The molecule has 1 atom stereocenters. The Morgan fingerprint density at radius 3 is 2.41 bits per heavy atom. The van der Waals surface area contributed by atoms with Crippen LogP contribution < -0.4 is 4.90 Å². The molecule has 2 saturated heterocycles. The number of hydrogen-bond acceptors (Lipinski definition) is 4. The van der Waals surface area contributed by atoms with Gasteiger partial charge in [-0.05, 0) is 48.4 Å². The third-order valence-electron chi connectivity index (χ3n) is 7.51. The van der Waals surface area contributed by atoms with Gasteiger partial charge >= 0.3 is 0 Å². The van der Waals surface area contributed by atoms with Crippen molar-refractivity contribution in [2.45, 2.75) is 37.4 Å². The van der Waals surface area contributed by atoms with Crippen LogP contribution in [-0.2, 0) is 10.3 Å². The standard InChI is InChI=1S/C28H28ClN3O2/c29-24-18-21(27(33)32-14-6-7-15-32)19-30-26(24)31-16-12-28(13-17-31)23-11-5-4-10-22(23)25(34-28)20-8-2-1-3-9-20/h1-5,8-11,18-19,25H,6-7,12-17H2. The Kier molecular flexibility index (Phi) is 5.54. The van der Waals surface area contributed by atoms with Crippen molar-refractivity contribution >= 4 is 23.3 Å². The maximum absolute atomic E-state index is 12.7. The zero-order valence-corrected chi connectivity index (χ0v) is 19.9. The van der Waals surface area contributed by atoms with Gasteiger partial charge in [0, 0.05) is 32.4 Å². The zero-order chi connectivity index (χ0) is 23.1. The molecule has 1 spiro atoms. The van der Waals surface area contributed by atoms with Crippen LogP contribution in [0, 0.1) is 0 Å². The molecule has 0 radical (unpaired) electrons. The van der Waals surface area contributed by atoms with Crippen LogP contribution in [0.2, 0.25) is 5.02 Å². The number of amides is 1. The van der Waals surface area contributed by atoms with Crippen LogP contribution in [0.15, 0.2) is 66.9 Å². The first-order valence-corrected chi connectivity index (χ1v) is 12.5. The largest absolute Gasteiger partial charge is 0.357 e. The fourth-order valence-corrected chi connectivity index (χ4v) is 6.00. The number of carbonyl (C=O) groups excluding carboxylic acids is 1. The number of rotatable bonds is 3. The molecule has 2 fully saturated rings. The lowest BCUT2D eigenvalue weighted by Crippen LogP contribution is -2.43. The summed E-state index contributed by atoms with van der Waals surface area (Å²) in [4.78, 5) is 21.4. The molecule has 0 bridgehead atoms. The van der Waals surface area contributed by atoms with E-state index in [1.165, 1.54) is 16.7 Å². The minimum absolute atomic E-state index is 0.0268. The molecule has 0 aliphatic carbocycles. The third-order valence-corrected chi connectivity index (χ3v) is 7.79. The fraction of sp³-hybridized carbons (Fsp3) is 0.357. The molecule has 3 aliphatic heterocycles. The van der Waals surface area contributed by atoms with Crippen molar-refractivity contribution in [3.05, 3.63) is 94.1 Å². The van der Waals surface area contributed by atoms with Gasteiger partial charge in [-0.3, -0.25) is 4.79 Å². The topological polar surface area (TPSA) is 45.7 Å². The van der Waals surface area contributed by atoms with Gasteiger partial charge in [-0.2, -0.15) is 0 Å². The molecular weight excluding hydrogens is 446 g/mol. The third kappa shape index (κ3) is 3.68. The van der Waals surface area contributed by atoms with E-state index in [4.69, 9.17) is 16.3 Å². The van der Waals surface area contributed by atoms with Gasteiger partial charge in [0.25, 0.3) is 5.91 Å². The molecule has 3 aromatic rings. The maximum atomic E-state index is 12.7. The molecule has 34 heavy (non-hydrogen) atoms. The quantitative estimate of drug-likeness (QED) is 0.497. The molecule has 1 unspecified atom stereocenters. The fourth-order valence-electron chi connectivity index (χ4n) is 5.72. The van der Waals surface area contributed by atoms with Crippen LogP contribution in [0.25, 0.3) is 0 Å². The lowest BCUT2D eigenvalue weighted by Gasteiger charge is -2.40. The molecule has 1 amide bonds. The molecule has 3 aliphatic rings. The van der Waals surface area contributed by atoms with Crippen molar-refractivity contribution < 1.29 is 9.53 Å². The van der Waals surface area contributed by atoms with E-state index in [1.54, 1.807) is 12.3 Å². The molecule has 4 heterocycles. The van der Waals surface area contributed by atoms with Crippen LogP contribution in [0.3, 0.4) is 0 Å². The second kappa shape index (κ2) is 8.71. The summed E-state index contributed by atoms with van der Waals surface area (Å²) < 4.78 is 6.84. The zero-order valence-electron chi connectivity index (χ0n) is 19.1. The van der Waals surface area contributed by atoms with E-state index in [-0.39, 0.29) is 17.6 Å². The Balaban J connectivity index is 1.21. The lowest BCUT2D eigenvalue weighted by molar-refractivity contribution is -0.0765. The first kappa shape index (κ1) is 21.6. The normalized spacial score (nSPS) is 21.1. The highest BCUT2D eigenvalue weighted by molar-refractivity contribution is 6.33. The van der Waals surface area contributed by atoms with Crippen molar-refractivity contribution in [2.75, 3.05) is 31.1 Å². The predicted octanol–water partition coefficient (Wildman–Crippen LogP) is 5.59. The predicted molar refractivity (Wildman–Crippen MR) is 133 cm³/mol. The molecular formula is C28H28ClN3O2. The summed E-state index contributed by atoms with van der Waals surface area (Å²) in [5.41, 5.74) is 4.03. The average Bonchev–Trinajstić information content (AvgIpc) is 3.53. The van der Waals surface area contributed by atoms with E-state index in [2.05, 4.69) is 58.4 Å². The highest BCUT2D eigenvalue weighted by atomic mass is 35.5. The Labute approximate surface area is 205 Å². The number of hydrogen-bond donors (Lipinski definition) is 0. The van der Waals surface area contributed by atoms with Gasteiger partial charge in [-0.25, -0.2) is 4.98 Å². The van der Waals surface area contributed by atoms with E-state index in [0.717, 1.165) is 57.7 Å². The van der Waals surface area contributed by atoms with Gasteiger partial charge in [0.15, 0.2) is 0 Å². The molecule has 1 aromatic heterocycles. The highest BCUT2D eigenvalue weighted by Gasteiger charge is 2.47. The summed E-state index contributed by atoms with van der Waals surface area (Å²) in [5.74, 6) is 0.777. The van der Waals surface area contributed by atoms with E-state index in [1.807, 2.05) is 11.0 Å². The molecule has 5 nitrogen and oxygen atoms in total. The molecule has 0 N–H and O–H groups in total. The highest BCUT2D eigenvalue weighted by Crippen LogP contribution is 2.51. The van der Waals surface area contributed by atoms with Gasteiger partial charge in [0.2, 0.25) is 0 Å². The number of likely N-dealkylation sites (tertiary alicyclic amines) is 1. The number of halogens is 1. The summed E-state index contributed by atoms with van der Waals surface area (Å²) in [6, 6.07) is 20.9. The van der Waals surface area contributed by atoms with Crippen molar-refractivity contribution in [1.29, 1.82) is 0 Å². The van der Waals surface area contributed by atoms with Crippen molar-refractivity contribution in [1.82, 2.24) is 9.88 Å².